The molecule has 6 nitrogen and oxygen atoms in total. The summed E-state index contributed by atoms with van der Waals surface area (Å²) < 4.78 is 0. The normalized spacial score (nSPS) is 50.8. The number of alkyl halides is 1. The lowest BCUT2D eigenvalue weighted by Crippen LogP contribution is -2.67. The summed E-state index contributed by atoms with van der Waals surface area (Å²) in [5, 5.41) is 42.7. The minimum Gasteiger partial charge on any atom is -0.481 e. The number of hydrogen-bond acceptors (Lipinski definition) is 4. The van der Waals surface area contributed by atoms with Crippen LogP contribution in [0.4, 0.5) is 0 Å². The molecule has 0 spiro atoms. The summed E-state index contributed by atoms with van der Waals surface area (Å²) in [6.07, 6.45) is 4.09. The summed E-state index contributed by atoms with van der Waals surface area (Å²) >= 11 is 6.72. The summed E-state index contributed by atoms with van der Waals surface area (Å²) in [5.74, 6) is -1.43. The molecule has 3 saturated carbocycles. The molecule has 37 heavy (non-hydrogen) atoms. The largest absolute Gasteiger partial charge is 0.481 e. The molecule has 3 fully saturated rings. The molecule has 208 valence electrons. The molecular formula is C30H45ClO6. The maximum Gasteiger partial charge on any atom is 0.312 e. The molecule has 0 heterocycles. The van der Waals surface area contributed by atoms with Gasteiger partial charge in [0.2, 0.25) is 0 Å². The molecule has 0 aromatic carbocycles. The Labute approximate surface area is 225 Å². The number of hydrogen-bond donors (Lipinski definition) is 4. The molecule has 0 aromatic rings. The number of halogens is 1. The summed E-state index contributed by atoms with van der Waals surface area (Å²) in [7, 11) is 0. The van der Waals surface area contributed by atoms with E-state index in [0.29, 0.717) is 31.6 Å². The number of aliphatic carboxylic acids is 2. The zero-order chi connectivity index (χ0) is 27.3. The van der Waals surface area contributed by atoms with Crippen molar-refractivity contribution in [2.75, 3.05) is 5.88 Å². The third kappa shape index (κ3) is 3.50. The first kappa shape index (κ1) is 27.5. The van der Waals surface area contributed by atoms with Crippen molar-refractivity contribution in [3.63, 3.8) is 0 Å². The molecule has 0 bridgehead atoms. The Hall–Kier alpha value is -1.11. The van der Waals surface area contributed by atoms with E-state index in [1.165, 1.54) is 11.1 Å². The summed E-state index contributed by atoms with van der Waals surface area (Å²) in [6, 6.07) is 0. The summed E-state index contributed by atoms with van der Waals surface area (Å²) in [5.41, 5.74) is -0.0655. The molecular weight excluding hydrogens is 492 g/mol. The van der Waals surface area contributed by atoms with Crippen LogP contribution >= 0.6 is 11.6 Å². The second kappa shape index (κ2) is 8.44. The van der Waals surface area contributed by atoms with E-state index in [1.807, 2.05) is 0 Å². The van der Waals surface area contributed by atoms with Gasteiger partial charge in [0.25, 0.3) is 0 Å². The Morgan fingerprint density at radius 2 is 1.59 bits per heavy atom. The fraction of sp³-hybridized carbons (Fsp3) is 0.867. The maximum atomic E-state index is 12.8. The number of rotatable bonds is 3. The highest BCUT2D eigenvalue weighted by Crippen LogP contribution is 2.72. The molecule has 0 unspecified atom stereocenters. The molecule has 5 aliphatic carbocycles. The van der Waals surface area contributed by atoms with Gasteiger partial charge in [-0.25, -0.2) is 0 Å². The molecule has 7 heteroatoms. The van der Waals surface area contributed by atoms with Gasteiger partial charge in [0, 0.05) is 5.88 Å². The Morgan fingerprint density at radius 1 is 0.919 bits per heavy atom. The number of allylic oxidation sites excluding steroid dienone is 2. The number of carboxylic acid groups (broad SMARTS) is 2. The van der Waals surface area contributed by atoms with Crippen molar-refractivity contribution < 1.29 is 30.0 Å². The van der Waals surface area contributed by atoms with Crippen LogP contribution in [0.15, 0.2) is 11.1 Å². The first-order valence-electron chi connectivity index (χ1n) is 14.2. The summed E-state index contributed by atoms with van der Waals surface area (Å²) in [6.45, 7) is 10.6. The zero-order valence-corrected chi connectivity index (χ0v) is 23.8. The van der Waals surface area contributed by atoms with Gasteiger partial charge in [0.15, 0.2) is 0 Å². The van der Waals surface area contributed by atoms with E-state index in [4.69, 9.17) is 11.6 Å². The molecule has 0 aromatic heterocycles. The van der Waals surface area contributed by atoms with E-state index in [2.05, 4.69) is 27.7 Å². The minimum absolute atomic E-state index is 0.0207. The predicted molar refractivity (Wildman–Crippen MR) is 141 cm³/mol. The Kier molecular flexibility index (Phi) is 6.27. The van der Waals surface area contributed by atoms with Gasteiger partial charge < -0.3 is 20.4 Å². The number of carboxylic acids is 2. The van der Waals surface area contributed by atoms with Gasteiger partial charge >= 0.3 is 11.9 Å². The van der Waals surface area contributed by atoms with E-state index in [0.717, 1.165) is 32.1 Å². The zero-order valence-electron chi connectivity index (χ0n) is 23.0. The lowest BCUT2D eigenvalue weighted by Gasteiger charge is -2.67. The van der Waals surface area contributed by atoms with Gasteiger partial charge in [-0.15, -0.1) is 11.6 Å². The van der Waals surface area contributed by atoms with Crippen molar-refractivity contribution in [3.8, 4) is 0 Å². The van der Waals surface area contributed by atoms with Crippen molar-refractivity contribution in [1.29, 1.82) is 0 Å². The van der Waals surface area contributed by atoms with Crippen LogP contribution < -0.4 is 0 Å². The van der Waals surface area contributed by atoms with E-state index in [-0.39, 0.29) is 34.5 Å². The molecule has 10 atom stereocenters. The van der Waals surface area contributed by atoms with Crippen LogP contribution in [0.25, 0.3) is 0 Å². The first-order chi connectivity index (χ1) is 17.1. The fourth-order valence-electron chi connectivity index (χ4n) is 10.6. The maximum absolute atomic E-state index is 12.8. The molecule has 0 amide bonds. The predicted octanol–water partition coefficient (Wildman–Crippen LogP) is 5.49. The molecule has 5 rings (SSSR count). The smallest absolute Gasteiger partial charge is 0.312 e. The second-order valence-corrected chi connectivity index (χ2v) is 15.1. The van der Waals surface area contributed by atoms with Gasteiger partial charge in [0.05, 0.1) is 23.0 Å². The minimum atomic E-state index is -1.42. The number of aliphatic hydroxyl groups excluding tert-OH is 2. The van der Waals surface area contributed by atoms with Crippen LogP contribution in [0, 0.1) is 50.7 Å². The summed E-state index contributed by atoms with van der Waals surface area (Å²) in [4.78, 5) is 25.4. The third-order valence-electron chi connectivity index (χ3n) is 12.6. The molecule has 0 saturated heterocycles. The van der Waals surface area contributed by atoms with Crippen LogP contribution in [0.2, 0.25) is 0 Å². The number of aliphatic hydroxyl groups is 2. The van der Waals surface area contributed by atoms with Gasteiger partial charge in [0.1, 0.15) is 0 Å². The third-order valence-corrected chi connectivity index (χ3v) is 13.0. The van der Waals surface area contributed by atoms with E-state index >= 15 is 0 Å². The molecule has 5 aliphatic rings. The monoisotopic (exact) mass is 536 g/mol. The van der Waals surface area contributed by atoms with Gasteiger partial charge in [-0.05, 0) is 105 Å². The first-order valence-corrected chi connectivity index (χ1v) is 14.7. The fourth-order valence-corrected chi connectivity index (χ4v) is 10.9. The lowest BCUT2D eigenvalue weighted by atomic mass is 9.37. The van der Waals surface area contributed by atoms with Gasteiger partial charge in [-0.3, -0.25) is 9.59 Å². The Bertz CT molecular complexity index is 1040. The van der Waals surface area contributed by atoms with Crippen molar-refractivity contribution in [1.82, 2.24) is 0 Å². The lowest BCUT2D eigenvalue weighted by molar-refractivity contribution is -0.225. The average Bonchev–Trinajstić information content (AvgIpc) is 2.81. The molecule has 0 aliphatic heterocycles. The van der Waals surface area contributed by atoms with Crippen molar-refractivity contribution >= 4 is 23.5 Å². The van der Waals surface area contributed by atoms with E-state index in [1.54, 1.807) is 6.92 Å². The van der Waals surface area contributed by atoms with Crippen molar-refractivity contribution in [2.45, 2.75) is 105 Å². The van der Waals surface area contributed by atoms with Crippen LogP contribution in [0.5, 0.6) is 0 Å². The van der Waals surface area contributed by atoms with Crippen molar-refractivity contribution in [2.24, 2.45) is 50.7 Å². The van der Waals surface area contributed by atoms with Gasteiger partial charge in [-0.1, -0.05) is 38.8 Å². The van der Waals surface area contributed by atoms with E-state index < -0.39 is 40.4 Å². The van der Waals surface area contributed by atoms with Crippen LogP contribution in [0.3, 0.4) is 0 Å². The van der Waals surface area contributed by atoms with Crippen LogP contribution in [-0.2, 0) is 9.59 Å². The van der Waals surface area contributed by atoms with Crippen LogP contribution in [-0.4, -0.2) is 50.5 Å². The quantitative estimate of drug-likeness (QED) is 0.280. The van der Waals surface area contributed by atoms with Crippen molar-refractivity contribution in [3.05, 3.63) is 11.1 Å². The topological polar surface area (TPSA) is 115 Å². The second-order valence-electron chi connectivity index (χ2n) is 14.8. The molecule has 0 radical (unpaired) electrons. The van der Waals surface area contributed by atoms with E-state index in [9.17, 15) is 30.0 Å². The van der Waals surface area contributed by atoms with Gasteiger partial charge in [-0.2, -0.15) is 0 Å². The highest BCUT2D eigenvalue weighted by atomic mass is 35.5. The Balaban J connectivity index is 1.65. The standard InChI is InChI=1S/C30H45ClO6/c1-26(2)10-11-30(25(36)37)9-6-17-22(18(30)13-26)16(15-31)12-21-27(17,3)8-7-20-28(21,4)14-19(32)23(33)29(20,5)24(34)35/h16,18-21,23,32-33H,6-15H2,1-5H3,(H,34,35)(H,36,37)/t16-,18-,19-,20+,21+,23-,27+,28-,29-,30+/m0/s1. The molecule has 4 N–H and O–H groups in total. The van der Waals surface area contributed by atoms with Crippen LogP contribution in [0.1, 0.15) is 92.4 Å². The number of fused-ring (bicyclic) bond motifs is 6. The SMILES string of the molecule is CC1(C)CC[C@]2(C(=O)O)CCC3=C([C@H](CCl)C[C@H]4[C@@]5(C)C[C@H](O)[C@H](O)[C@@](C)(C(=O)O)[C@@H]5CC[C@]34C)[C@@H]2C1. The highest BCUT2D eigenvalue weighted by Gasteiger charge is 2.69. The Morgan fingerprint density at radius 3 is 2.19 bits per heavy atom. The highest BCUT2D eigenvalue weighted by molar-refractivity contribution is 6.18. The number of carbonyl (C=O) groups is 2. The average molecular weight is 537 g/mol.